The standard InChI is InChI=1S/C16H20N4O3S/c1-18(2)16(24)23-13(12-9-22-15(21)20(12)4)14-17-10-7-5-6-8-11(10)19(14)3/h5-8,12-13H,9H2,1-4H3/t12-,13-/m0/s1. The number of amides is 1. The van der Waals surface area contributed by atoms with Gasteiger partial charge in [-0.25, -0.2) is 9.78 Å². The summed E-state index contributed by atoms with van der Waals surface area (Å²) in [7, 11) is 7.25. The van der Waals surface area contributed by atoms with Crippen LogP contribution in [0.5, 0.6) is 0 Å². The second-order valence-electron chi connectivity index (χ2n) is 5.97. The number of likely N-dealkylation sites (N-methyl/N-ethyl adjacent to an activating group) is 1. The number of carbonyl (C=O) groups is 1. The van der Waals surface area contributed by atoms with Crippen molar-refractivity contribution in [3.8, 4) is 0 Å². The van der Waals surface area contributed by atoms with Crippen LogP contribution in [0.15, 0.2) is 24.3 Å². The monoisotopic (exact) mass is 348 g/mol. The Balaban J connectivity index is 2.04. The van der Waals surface area contributed by atoms with E-state index in [0.717, 1.165) is 11.0 Å². The van der Waals surface area contributed by atoms with E-state index in [1.54, 1.807) is 11.9 Å². The number of para-hydroxylation sites is 2. The van der Waals surface area contributed by atoms with E-state index in [1.165, 1.54) is 4.90 Å². The normalized spacial score (nSPS) is 18.6. The fourth-order valence-electron chi connectivity index (χ4n) is 2.73. The Kier molecular flexibility index (Phi) is 4.31. The van der Waals surface area contributed by atoms with Crippen molar-refractivity contribution < 1.29 is 14.3 Å². The van der Waals surface area contributed by atoms with E-state index in [4.69, 9.17) is 26.7 Å². The highest BCUT2D eigenvalue weighted by atomic mass is 32.1. The molecule has 1 fully saturated rings. The predicted octanol–water partition coefficient (Wildman–Crippen LogP) is 1.93. The van der Waals surface area contributed by atoms with Crippen LogP contribution >= 0.6 is 12.2 Å². The first-order chi connectivity index (χ1) is 11.4. The third-order valence-corrected chi connectivity index (χ3v) is 4.64. The minimum atomic E-state index is -0.520. The van der Waals surface area contributed by atoms with Gasteiger partial charge in [0.2, 0.25) is 0 Å². The van der Waals surface area contributed by atoms with Crippen LogP contribution in [-0.2, 0) is 16.5 Å². The number of aromatic nitrogens is 2. The number of thiocarbonyl (C=S) groups is 1. The molecule has 1 amide bonds. The van der Waals surface area contributed by atoms with Crippen LogP contribution in [-0.4, -0.2) is 64.4 Å². The van der Waals surface area contributed by atoms with E-state index in [9.17, 15) is 4.79 Å². The van der Waals surface area contributed by atoms with Crippen molar-refractivity contribution in [2.75, 3.05) is 27.7 Å². The van der Waals surface area contributed by atoms with Crippen molar-refractivity contribution in [3.63, 3.8) is 0 Å². The molecule has 1 saturated heterocycles. The molecule has 0 saturated carbocycles. The number of carbonyl (C=O) groups excluding carboxylic acids is 1. The van der Waals surface area contributed by atoms with Crippen LogP contribution in [0.1, 0.15) is 11.9 Å². The lowest BCUT2D eigenvalue weighted by Crippen LogP contribution is -2.39. The quantitative estimate of drug-likeness (QED) is 0.790. The summed E-state index contributed by atoms with van der Waals surface area (Å²) in [4.78, 5) is 19.7. The van der Waals surface area contributed by atoms with Crippen LogP contribution < -0.4 is 0 Å². The summed E-state index contributed by atoms with van der Waals surface area (Å²) in [5.41, 5.74) is 1.86. The van der Waals surface area contributed by atoms with Gasteiger partial charge in [-0.2, -0.15) is 0 Å². The molecule has 2 atom stereocenters. The lowest BCUT2D eigenvalue weighted by molar-refractivity contribution is 0.0869. The van der Waals surface area contributed by atoms with Gasteiger partial charge < -0.3 is 23.8 Å². The van der Waals surface area contributed by atoms with Gasteiger partial charge in [0.25, 0.3) is 5.17 Å². The van der Waals surface area contributed by atoms with Crippen LogP contribution in [0.2, 0.25) is 0 Å². The second-order valence-corrected chi connectivity index (χ2v) is 6.32. The molecule has 0 bridgehead atoms. The van der Waals surface area contributed by atoms with Crippen molar-refractivity contribution in [2.24, 2.45) is 7.05 Å². The molecule has 8 heteroatoms. The minimum absolute atomic E-state index is 0.235. The number of hydrogen-bond donors (Lipinski definition) is 0. The lowest BCUT2D eigenvalue weighted by Gasteiger charge is -2.28. The van der Waals surface area contributed by atoms with Crippen LogP contribution in [0.3, 0.4) is 0 Å². The molecule has 1 aromatic carbocycles. The molecule has 1 aliphatic heterocycles. The first kappa shape index (κ1) is 16.5. The molecule has 2 heterocycles. The molecule has 24 heavy (non-hydrogen) atoms. The van der Waals surface area contributed by atoms with Gasteiger partial charge in [-0.1, -0.05) is 12.1 Å². The average Bonchev–Trinajstić information content (AvgIpc) is 3.06. The SMILES string of the molecule is CN(C)C(=S)O[C@H](c1nc2ccccc2n1C)[C@@H]1COC(=O)N1C. The summed E-state index contributed by atoms with van der Waals surface area (Å²) in [6.45, 7) is 0.235. The third-order valence-electron chi connectivity index (χ3n) is 4.18. The maximum Gasteiger partial charge on any atom is 0.410 e. The zero-order valence-corrected chi connectivity index (χ0v) is 14.9. The first-order valence-corrected chi connectivity index (χ1v) is 8.00. The number of benzene rings is 1. The van der Waals surface area contributed by atoms with E-state index < -0.39 is 6.10 Å². The van der Waals surface area contributed by atoms with E-state index in [-0.39, 0.29) is 18.7 Å². The number of fused-ring (bicyclic) bond motifs is 1. The van der Waals surface area contributed by atoms with E-state index in [2.05, 4.69) is 0 Å². The Morgan fingerprint density at radius 3 is 2.71 bits per heavy atom. The molecule has 0 aliphatic carbocycles. The van der Waals surface area contributed by atoms with Crippen molar-refractivity contribution in [1.82, 2.24) is 19.4 Å². The molecule has 7 nitrogen and oxygen atoms in total. The summed E-state index contributed by atoms with van der Waals surface area (Å²) < 4.78 is 13.1. The number of imidazole rings is 1. The smallest absolute Gasteiger partial charge is 0.410 e. The molecule has 0 spiro atoms. The maximum atomic E-state index is 11.8. The molecule has 3 rings (SSSR count). The van der Waals surface area contributed by atoms with E-state index >= 15 is 0 Å². The van der Waals surface area contributed by atoms with Gasteiger partial charge in [0.05, 0.1) is 11.0 Å². The molecule has 2 aromatic rings. The number of nitrogens with zero attached hydrogens (tertiary/aromatic N) is 4. The van der Waals surface area contributed by atoms with Gasteiger partial charge in [-0.05, 0) is 24.4 Å². The van der Waals surface area contributed by atoms with Gasteiger partial charge in [-0.3, -0.25) is 0 Å². The molecule has 0 radical (unpaired) electrons. The minimum Gasteiger partial charge on any atom is -0.457 e. The number of ether oxygens (including phenoxy) is 2. The molecule has 1 aliphatic rings. The van der Waals surface area contributed by atoms with Gasteiger partial charge in [0, 0.05) is 28.2 Å². The fourth-order valence-corrected chi connectivity index (χ4v) is 2.84. The maximum absolute atomic E-state index is 11.8. The Hall–Kier alpha value is -2.35. The number of cyclic esters (lactones) is 1. The summed E-state index contributed by atoms with van der Waals surface area (Å²) in [5, 5.41) is 0.333. The Morgan fingerprint density at radius 1 is 1.42 bits per heavy atom. The molecule has 0 unspecified atom stereocenters. The molecule has 1 aromatic heterocycles. The highest BCUT2D eigenvalue weighted by Gasteiger charge is 2.41. The summed E-state index contributed by atoms with van der Waals surface area (Å²) in [6.07, 6.45) is -0.892. The van der Waals surface area contributed by atoms with Gasteiger partial charge in [0.1, 0.15) is 12.6 Å². The lowest BCUT2D eigenvalue weighted by atomic mass is 10.1. The second kappa shape index (κ2) is 6.27. The van der Waals surface area contributed by atoms with E-state index in [0.29, 0.717) is 11.0 Å². The van der Waals surface area contributed by atoms with Crippen molar-refractivity contribution >= 4 is 34.5 Å². The zero-order chi connectivity index (χ0) is 17.4. The van der Waals surface area contributed by atoms with Gasteiger partial charge in [-0.15, -0.1) is 0 Å². The third kappa shape index (κ3) is 2.77. The predicted molar refractivity (Wildman–Crippen MR) is 93.7 cm³/mol. The molecular weight excluding hydrogens is 328 g/mol. The number of aryl methyl sites for hydroxylation is 1. The molecule has 128 valence electrons. The van der Waals surface area contributed by atoms with E-state index in [1.807, 2.05) is 50.0 Å². The summed E-state index contributed by atoms with van der Waals surface area (Å²) in [6, 6.07) is 7.54. The fraction of sp³-hybridized carbons (Fsp3) is 0.438. The Labute approximate surface area is 145 Å². The highest BCUT2D eigenvalue weighted by Crippen LogP contribution is 2.30. The Bertz CT molecular complexity index is 789. The number of hydrogen-bond acceptors (Lipinski definition) is 5. The summed E-state index contributed by atoms with van der Waals surface area (Å²) >= 11 is 5.30. The van der Waals surface area contributed by atoms with Gasteiger partial charge in [0.15, 0.2) is 11.9 Å². The number of rotatable bonds is 3. The first-order valence-electron chi connectivity index (χ1n) is 7.59. The zero-order valence-electron chi connectivity index (χ0n) is 14.1. The largest absolute Gasteiger partial charge is 0.457 e. The van der Waals surface area contributed by atoms with Crippen molar-refractivity contribution in [3.05, 3.63) is 30.1 Å². The average molecular weight is 348 g/mol. The van der Waals surface area contributed by atoms with Crippen LogP contribution in [0.25, 0.3) is 11.0 Å². The molecular formula is C16H20N4O3S. The summed E-state index contributed by atoms with van der Waals surface area (Å²) in [5.74, 6) is 0.704. The van der Waals surface area contributed by atoms with Crippen LogP contribution in [0, 0.1) is 0 Å². The van der Waals surface area contributed by atoms with Gasteiger partial charge >= 0.3 is 6.09 Å². The van der Waals surface area contributed by atoms with Crippen molar-refractivity contribution in [1.29, 1.82) is 0 Å². The van der Waals surface area contributed by atoms with Crippen molar-refractivity contribution in [2.45, 2.75) is 12.1 Å². The van der Waals surface area contributed by atoms with Crippen LogP contribution in [0.4, 0.5) is 4.79 Å². The Morgan fingerprint density at radius 2 is 2.12 bits per heavy atom. The highest BCUT2D eigenvalue weighted by molar-refractivity contribution is 7.80. The molecule has 0 N–H and O–H groups in total. The topological polar surface area (TPSA) is 59.8 Å².